The smallest absolute Gasteiger partial charge is 0.252 e. The van der Waals surface area contributed by atoms with Crippen LogP contribution < -0.4 is 11.1 Å². The zero-order valence-corrected chi connectivity index (χ0v) is 13.1. The summed E-state index contributed by atoms with van der Waals surface area (Å²) in [7, 11) is 0. The largest absolute Gasteiger partial charge is 0.398 e. The number of halogens is 1. The highest BCUT2D eigenvalue weighted by atomic mass is 79.9. The summed E-state index contributed by atoms with van der Waals surface area (Å²) in [6.45, 7) is 3.81. The van der Waals surface area contributed by atoms with Crippen molar-refractivity contribution >= 4 is 27.5 Å². The van der Waals surface area contributed by atoms with E-state index in [2.05, 4.69) is 21.2 Å². The van der Waals surface area contributed by atoms with Crippen LogP contribution in [0.4, 0.5) is 5.69 Å². The minimum atomic E-state index is -0.109. The Morgan fingerprint density at radius 1 is 1.25 bits per heavy atom. The van der Waals surface area contributed by atoms with Gasteiger partial charge in [0.25, 0.3) is 5.91 Å². The molecular weight excluding hydrogens is 316 g/mol. The van der Waals surface area contributed by atoms with Crippen molar-refractivity contribution in [3.8, 4) is 0 Å². The lowest BCUT2D eigenvalue weighted by molar-refractivity contribution is 0.0939. The maximum atomic E-state index is 12.3. The summed E-state index contributed by atoms with van der Waals surface area (Å²) in [5.74, 6) is -0.109. The number of carbonyl (C=O) groups is 1. The van der Waals surface area contributed by atoms with Crippen LogP contribution in [0.2, 0.25) is 0 Å². The number of carbonyl (C=O) groups excluding carboxylic acids is 1. The van der Waals surface area contributed by atoms with Gasteiger partial charge in [0.1, 0.15) is 0 Å². The van der Waals surface area contributed by atoms with Crippen LogP contribution in [0.25, 0.3) is 0 Å². The number of hydrogen-bond acceptors (Lipinski definition) is 2. The molecule has 1 unspecified atom stereocenters. The van der Waals surface area contributed by atoms with Gasteiger partial charge in [-0.15, -0.1) is 0 Å². The number of nitrogens with one attached hydrogen (secondary N) is 1. The Balaban J connectivity index is 2.17. The molecule has 0 aliphatic rings. The lowest BCUT2D eigenvalue weighted by Crippen LogP contribution is -2.27. The highest BCUT2D eigenvalue weighted by Crippen LogP contribution is 2.20. The number of hydrogen-bond donors (Lipinski definition) is 2. The SMILES string of the molecule is Cc1c(N)cccc1C(=O)NC(C)c1cccc(Br)c1. The maximum Gasteiger partial charge on any atom is 0.252 e. The molecule has 0 radical (unpaired) electrons. The molecule has 2 rings (SSSR count). The molecule has 2 aromatic rings. The summed E-state index contributed by atoms with van der Waals surface area (Å²) in [5, 5.41) is 2.99. The van der Waals surface area contributed by atoms with Crippen molar-refractivity contribution in [1.82, 2.24) is 5.32 Å². The second-order valence-electron chi connectivity index (χ2n) is 4.77. The Kier molecular flexibility index (Phi) is 4.45. The molecule has 0 aliphatic carbocycles. The second-order valence-corrected chi connectivity index (χ2v) is 5.69. The van der Waals surface area contributed by atoms with E-state index >= 15 is 0 Å². The molecule has 0 aromatic heterocycles. The van der Waals surface area contributed by atoms with Crippen LogP contribution in [0.5, 0.6) is 0 Å². The Hall–Kier alpha value is -1.81. The molecule has 3 N–H and O–H groups in total. The second kappa shape index (κ2) is 6.09. The van der Waals surface area contributed by atoms with Crippen LogP contribution in [0.1, 0.15) is 34.5 Å². The van der Waals surface area contributed by atoms with Gasteiger partial charge in [-0.3, -0.25) is 4.79 Å². The molecule has 2 aromatic carbocycles. The fourth-order valence-corrected chi connectivity index (χ4v) is 2.45. The van der Waals surface area contributed by atoms with Gasteiger partial charge in [-0.05, 0) is 49.2 Å². The average molecular weight is 333 g/mol. The molecule has 4 heteroatoms. The van der Waals surface area contributed by atoms with Crippen molar-refractivity contribution in [3.63, 3.8) is 0 Å². The first kappa shape index (κ1) is 14.6. The van der Waals surface area contributed by atoms with Gasteiger partial charge < -0.3 is 11.1 Å². The summed E-state index contributed by atoms with van der Waals surface area (Å²) in [4.78, 5) is 12.3. The van der Waals surface area contributed by atoms with E-state index < -0.39 is 0 Å². The van der Waals surface area contributed by atoms with E-state index in [0.717, 1.165) is 15.6 Å². The molecule has 1 atom stereocenters. The zero-order chi connectivity index (χ0) is 14.7. The maximum absolute atomic E-state index is 12.3. The van der Waals surface area contributed by atoms with Crippen LogP contribution in [0, 0.1) is 6.92 Å². The third-order valence-corrected chi connectivity index (χ3v) is 3.81. The van der Waals surface area contributed by atoms with Crippen molar-refractivity contribution in [2.24, 2.45) is 0 Å². The summed E-state index contributed by atoms with van der Waals surface area (Å²) >= 11 is 3.43. The number of amides is 1. The Bertz CT molecular complexity index is 640. The molecule has 1 amide bonds. The molecular formula is C16H17BrN2O. The molecule has 104 valence electrons. The van der Waals surface area contributed by atoms with Crippen molar-refractivity contribution in [1.29, 1.82) is 0 Å². The average Bonchev–Trinajstić information content (AvgIpc) is 2.41. The molecule has 20 heavy (non-hydrogen) atoms. The van der Waals surface area contributed by atoms with Gasteiger partial charge >= 0.3 is 0 Å². The summed E-state index contributed by atoms with van der Waals surface area (Å²) < 4.78 is 0.997. The normalized spacial score (nSPS) is 11.9. The minimum Gasteiger partial charge on any atom is -0.398 e. The first-order valence-corrected chi connectivity index (χ1v) is 7.19. The van der Waals surface area contributed by atoms with Crippen molar-refractivity contribution in [2.75, 3.05) is 5.73 Å². The number of benzene rings is 2. The summed E-state index contributed by atoms with van der Waals surface area (Å²) in [5.41, 5.74) is 8.95. The molecule has 0 heterocycles. The first-order valence-electron chi connectivity index (χ1n) is 6.40. The zero-order valence-electron chi connectivity index (χ0n) is 11.5. The summed E-state index contributed by atoms with van der Waals surface area (Å²) in [6, 6.07) is 13.2. The Labute approximate surface area is 127 Å². The van der Waals surface area contributed by atoms with E-state index in [0.29, 0.717) is 11.3 Å². The molecule has 0 bridgehead atoms. The standard InChI is InChI=1S/C16H17BrN2O/c1-10-14(7-4-8-15(10)18)16(20)19-11(2)12-5-3-6-13(17)9-12/h3-9,11H,18H2,1-2H3,(H,19,20). The Morgan fingerprint density at radius 2 is 1.95 bits per heavy atom. The molecule has 0 spiro atoms. The van der Waals surface area contributed by atoms with Gasteiger partial charge in [-0.2, -0.15) is 0 Å². The fraction of sp³-hybridized carbons (Fsp3) is 0.188. The third-order valence-electron chi connectivity index (χ3n) is 3.32. The lowest BCUT2D eigenvalue weighted by Gasteiger charge is -2.16. The number of nitrogens with two attached hydrogens (primary N) is 1. The fourth-order valence-electron chi connectivity index (χ4n) is 2.03. The van der Waals surface area contributed by atoms with E-state index in [1.165, 1.54) is 0 Å². The third kappa shape index (κ3) is 3.20. The number of nitrogen functional groups attached to an aromatic ring is 1. The predicted molar refractivity (Wildman–Crippen MR) is 85.6 cm³/mol. The predicted octanol–water partition coefficient (Wildman–Crippen LogP) is 3.83. The van der Waals surface area contributed by atoms with E-state index in [-0.39, 0.29) is 11.9 Å². The van der Waals surface area contributed by atoms with E-state index in [4.69, 9.17) is 5.73 Å². The first-order chi connectivity index (χ1) is 9.49. The number of anilines is 1. The van der Waals surface area contributed by atoms with Crippen LogP contribution in [0.15, 0.2) is 46.9 Å². The molecule has 0 saturated carbocycles. The van der Waals surface area contributed by atoms with Crippen molar-refractivity contribution in [3.05, 3.63) is 63.6 Å². The lowest BCUT2D eigenvalue weighted by atomic mass is 10.0. The van der Waals surface area contributed by atoms with Crippen LogP contribution in [-0.4, -0.2) is 5.91 Å². The van der Waals surface area contributed by atoms with Gasteiger partial charge in [-0.25, -0.2) is 0 Å². The van der Waals surface area contributed by atoms with Crippen LogP contribution >= 0.6 is 15.9 Å². The van der Waals surface area contributed by atoms with E-state index in [9.17, 15) is 4.79 Å². The van der Waals surface area contributed by atoms with Crippen LogP contribution in [-0.2, 0) is 0 Å². The molecule has 3 nitrogen and oxygen atoms in total. The van der Waals surface area contributed by atoms with Crippen LogP contribution in [0.3, 0.4) is 0 Å². The van der Waals surface area contributed by atoms with Gasteiger partial charge in [-0.1, -0.05) is 34.1 Å². The molecule has 0 aliphatic heterocycles. The highest BCUT2D eigenvalue weighted by molar-refractivity contribution is 9.10. The quantitative estimate of drug-likeness (QED) is 0.839. The van der Waals surface area contributed by atoms with Gasteiger partial charge in [0, 0.05) is 15.7 Å². The van der Waals surface area contributed by atoms with Gasteiger partial charge in [0.05, 0.1) is 6.04 Å². The van der Waals surface area contributed by atoms with Gasteiger partial charge in [0.15, 0.2) is 0 Å². The Morgan fingerprint density at radius 3 is 2.65 bits per heavy atom. The summed E-state index contributed by atoms with van der Waals surface area (Å²) in [6.07, 6.45) is 0. The molecule has 0 fully saturated rings. The van der Waals surface area contributed by atoms with Crippen molar-refractivity contribution in [2.45, 2.75) is 19.9 Å². The van der Waals surface area contributed by atoms with Crippen molar-refractivity contribution < 1.29 is 4.79 Å². The van der Waals surface area contributed by atoms with Gasteiger partial charge in [0.2, 0.25) is 0 Å². The number of rotatable bonds is 3. The van der Waals surface area contributed by atoms with E-state index in [1.807, 2.05) is 38.1 Å². The van der Waals surface area contributed by atoms with E-state index in [1.54, 1.807) is 18.2 Å². The topological polar surface area (TPSA) is 55.1 Å². The minimum absolute atomic E-state index is 0.0687. The monoisotopic (exact) mass is 332 g/mol. The molecule has 0 saturated heterocycles. The highest BCUT2D eigenvalue weighted by Gasteiger charge is 2.14.